The molecule has 0 aliphatic carbocycles. The Morgan fingerprint density at radius 2 is 2.07 bits per heavy atom. The maximum atomic E-state index is 12.8. The zero-order valence-corrected chi connectivity index (χ0v) is 16.3. The maximum absolute atomic E-state index is 12.8. The van der Waals surface area contributed by atoms with Gasteiger partial charge in [0.2, 0.25) is 11.8 Å². The van der Waals surface area contributed by atoms with Gasteiger partial charge in [-0.3, -0.25) is 14.6 Å². The fourth-order valence-corrected chi connectivity index (χ4v) is 3.46. The molecule has 1 aliphatic heterocycles. The number of nitrogens with zero attached hydrogens (tertiary/aromatic N) is 2. The van der Waals surface area contributed by atoms with Crippen molar-refractivity contribution >= 4 is 34.1 Å². The number of pyridine rings is 1. The Bertz CT molecular complexity index is 857. The Balaban J connectivity index is 1.72. The summed E-state index contributed by atoms with van der Waals surface area (Å²) in [6.45, 7) is 6.99. The first-order valence-electron chi connectivity index (χ1n) is 9.50. The quantitative estimate of drug-likeness (QED) is 0.808. The van der Waals surface area contributed by atoms with Gasteiger partial charge in [0.1, 0.15) is 6.04 Å². The summed E-state index contributed by atoms with van der Waals surface area (Å²) < 4.78 is 0. The third kappa shape index (κ3) is 4.38. The number of hydrogen-bond donors (Lipinski definition) is 2. The number of nitrogens with one attached hydrogen (secondary N) is 1. The van der Waals surface area contributed by atoms with Gasteiger partial charge in [-0.05, 0) is 48.9 Å². The predicted molar refractivity (Wildman–Crippen MR) is 108 cm³/mol. The molecule has 0 unspecified atom stereocenters. The molecule has 1 aliphatic rings. The van der Waals surface area contributed by atoms with Crippen LogP contribution in [-0.2, 0) is 9.59 Å². The first kappa shape index (κ1) is 19.1. The molecule has 27 heavy (non-hydrogen) atoms. The molecule has 144 valence electrons. The smallest absolute Gasteiger partial charge is 0.247 e. The first-order chi connectivity index (χ1) is 12.8. The number of carbonyl (C=O) groups excluding carboxylic acids is 2. The number of amides is 2. The van der Waals surface area contributed by atoms with Crippen LogP contribution in [0.25, 0.3) is 10.9 Å². The normalized spacial score (nSPS) is 17.3. The molecule has 1 fully saturated rings. The van der Waals surface area contributed by atoms with E-state index in [0.29, 0.717) is 30.8 Å². The van der Waals surface area contributed by atoms with E-state index in [1.165, 1.54) is 0 Å². The van der Waals surface area contributed by atoms with Crippen molar-refractivity contribution in [2.24, 2.45) is 5.41 Å². The van der Waals surface area contributed by atoms with Crippen LogP contribution in [0.5, 0.6) is 0 Å². The molecule has 3 rings (SSSR count). The number of rotatable bonds is 4. The molecular formula is C21H28N4O2. The maximum Gasteiger partial charge on any atom is 0.247 e. The molecule has 0 radical (unpaired) electrons. The van der Waals surface area contributed by atoms with Gasteiger partial charge in [0.05, 0.1) is 16.9 Å². The molecule has 3 N–H and O–H groups in total. The zero-order chi connectivity index (χ0) is 19.6. The third-order valence-corrected chi connectivity index (χ3v) is 5.05. The van der Waals surface area contributed by atoms with E-state index in [4.69, 9.17) is 5.73 Å². The number of aromatic nitrogens is 1. The van der Waals surface area contributed by atoms with Gasteiger partial charge >= 0.3 is 0 Å². The number of hydrogen-bond acceptors (Lipinski definition) is 4. The van der Waals surface area contributed by atoms with Crippen molar-refractivity contribution in [1.82, 2.24) is 9.88 Å². The van der Waals surface area contributed by atoms with Crippen LogP contribution >= 0.6 is 0 Å². The minimum atomic E-state index is -0.429. The lowest BCUT2D eigenvalue weighted by molar-refractivity contribution is -0.137. The van der Waals surface area contributed by atoms with Crippen molar-refractivity contribution in [3.63, 3.8) is 0 Å². The fourth-order valence-electron chi connectivity index (χ4n) is 3.46. The van der Waals surface area contributed by atoms with E-state index in [0.717, 1.165) is 23.7 Å². The first-order valence-corrected chi connectivity index (χ1v) is 9.50. The Morgan fingerprint density at radius 3 is 2.81 bits per heavy atom. The van der Waals surface area contributed by atoms with Crippen molar-refractivity contribution < 1.29 is 9.59 Å². The van der Waals surface area contributed by atoms with Gasteiger partial charge in [-0.1, -0.05) is 20.8 Å². The summed E-state index contributed by atoms with van der Waals surface area (Å²) in [5.41, 5.74) is 8.17. The summed E-state index contributed by atoms with van der Waals surface area (Å²) in [6.07, 6.45) is 4.51. The van der Waals surface area contributed by atoms with Crippen LogP contribution in [0.1, 0.15) is 46.5 Å². The molecule has 6 heteroatoms. The predicted octanol–water partition coefficient (Wildman–Crippen LogP) is 3.57. The molecule has 1 aromatic carbocycles. The lowest BCUT2D eigenvalue weighted by Gasteiger charge is -2.26. The lowest BCUT2D eigenvalue weighted by Crippen LogP contribution is -2.43. The number of benzene rings is 1. The van der Waals surface area contributed by atoms with E-state index in [9.17, 15) is 9.59 Å². The van der Waals surface area contributed by atoms with Crippen molar-refractivity contribution in [3.05, 3.63) is 30.5 Å². The summed E-state index contributed by atoms with van der Waals surface area (Å²) in [6, 6.07) is 6.87. The van der Waals surface area contributed by atoms with Crippen LogP contribution in [0.2, 0.25) is 0 Å². The van der Waals surface area contributed by atoms with Gasteiger partial charge in [-0.25, -0.2) is 0 Å². The molecule has 0 bridgehead atoms. The van der Waals surface area contributed by atoms with Gasteiger partial charge in [0.15, 0.2) is 0 Å². The van der Waals surface area contributed by atoms with Gasteiger partial charge < -0.3 is 16.0 Å². The van der Waals surface area contributed by atoms with E-state index in [2.05, 4.69) is 31.1 Å². The Morgan fingerprint density at radius 1 is 1.30 bits per heavy atom. The molecule has 2 aromatic rings. The van der Waals surface area contributed by atoms with E-state index in [1.54, 1.807) is 17.2 Å². The number of carbonyl (C=O) groups is 2. The minimum Gasteiger partial charge on any atom is -0.396 e. The molecule has 1 aromatic heterocycles. The average Bonchev–Trinajstić information content (AvgIpc) is 3.11. The third-order valence-electron chi connectivity index (χ3n) is 5.05. The van der Waals surface area contributed by atoms with Gasteiger partial charge in [-0.2, -0.15) is 0 Å². The van der Waals surface area contributed by atoms with E-state index < -0.39 is 6.04 Å². The molecule has 0 spiro atoms. The minimum absolute atomic E-state index is 0.0539. The van der Waals surface area contributed by atoms with Crippen LogP contribution in [0.15, 0.2) is 30.5 Å². The molecule has 1 atom stereocenters. The largest absolute Gasteiger partial charge is 0.396 e. The van der Waals surface area contributed by atoms with E-state index in [1.807, 2.05) is 18.2 Å². The summed E-state index contributed by atoms with van der Waals surface area (Å²) >= 11 is 0. The number of likely N-dealkylation sites (tertiary alicyclic amines) is 1. The van der Waals surface area contributed by atoms with Gasteiger partial charge in [0, 0.05) is 24.5 Å². The summed E-state index contributed by atoms with van der Waals surface area (Å²) in [4.78, 5) is 31.4. The summed E-state index contributed by atoms with van der Waals surface area (Å²) in [5, 5.41) is 3.72. The molecule has 0 saturated carbocycles. The second kappa shape index (κ2) is 7.55. The highest BCUT2D eigenvalue weighted by Gasteiger charge is 2.34. The Hall–Kier alpha value is -2.63. The second-order valence-electron chi connectivity index (χ2n) is 8.39. The Kier molecular flexibility index (Phi) is 5.35. The van der Waals surface area contributed by atoms with Gasteiger partial charge in [-0.15, -0.1) is 0 Å². The van der Waals surface area contributed by atoms with Crippen LogP contribution in [0.4, 0.5) is 11.4 Å². The molecule has 1 saturated heterocycles. The van der Waals surface area contributed by atoms with Crippen molar-refractivity contribution in [3.8, 4) is 0 Å². The molecule has 2 amide bonds. The SMILES string of the molecule is CC(C)(C)CCC(=O)N1CCC[C@H]1C(=O)Nc1ccc2ncccc2c1N. The van der Waals surface area contributed by atoms with Crippen LogP contribution in [0.3, 0.4) is 0 Å². The van der Waals surface area contributed by atoms with Gasteiger partial charge in [0.25, 0.3) is 0 Å². The number of nitrogens with two attached hydrogens (primary N) is 1. The monoisotopic (exact) mass is 368 g/mol. The highest BCUT2D eigenvalue weighted by molar-refractivity contribution is 6.04. The topological polar surface area (TPSA) is 88.3 Å². The van der Waals surface area contributed by atoms with Crippen LogP contribution in [-0.4, -0.2) is 34.3 Å². The standard InChI is InChI=1S/C21H28N4O2/c1-21(2,3)11-10-18(26)25-13-5-7-17(25)20(27)24-16-9-8-15-14(19(16)22)6-4-12-23-15/h4,6,8-9,12,17H,5,7,10-11,13,22H2,1-3H3,(H,24,27)/t17-/m0/s1. The number of nitrogen functional groups attached to an aromatic ring is 1. The number of fused-ring (bicyclic) bond motifs is 1. The molecule has 2 heterocycles. The highest BCUT2D eigenvalue weighted by Crippen LogP contribution is 2.29. The second-order valence-corrected chi connectivity index (χ2v) is 8.39. The van der Waals surface area contributed by atoms with E-state index in [-0.39, 0.29) is 17.2 Å². The average molecular weight is 368 g/mol. The highest BCUT2D eigenvalue weighted by atomic mass is 16.2. The van der Waals surface area contributed by atoms with Crippen LogP contribution < -0.4 is 11.1 Å². The van der Waals surface area contributed by atoms with Crippen molar-refractivity contribution in [1.29, 1.82) is 0 Å². The van der Waals surface area contributed by atoms with Crippen LogP contribution in [0, 0.1) is 5.41 Å². The fraction of sp³-hybridized carbons (Fsp3) is 0.476. The summed E-state index contributed by atoms with van der Waals surface area (Å²) in [5.74, 6) is -0.121. The van der Waals surface area contributed by atoms with E-state index >= 15 is 0 Å². The summed E-state index contributed by atoms with van der Waals surface area (Å²) in [7, 11) is 0. The molecular weight excluding hydrogens is 340 g/mol. The van der Waals surface area contributed by atoms with Crippen molar-refractivity contribution in [2.45, 2.75) is 52.5 Å². The Labute approximate surface area is 160 Å². The lowest BCUT2D eigenvalue weighted by atomic mass is 9.90. The molecule has 6 nitrogen and oxygen atoms in total. The number of anilines is 2. The van der Waals surface area contributed by atoms with Crippen molar-refractivity contribution in [2.75, 3.05) is 17.6 Å². The zero-order valence-electron chi connectivity index (χ0n) is 16.3.